The zero-order valence-corrected chi connectivity index (χ0v) is 13.0. The minimum absolute atomic E-state index is 0.0391. The van der Waals surface area contributed by atoms with Crippen LogP contribution < -0.4 is 10.6 Å². The molecule has 0 unspecified atom stereocenters. The van der Waals surface area contributed by atoms with Crippen molar-refractivity contribution >= 4 is 39.2 Å². The van der Waals surface area contributed by atoms with Crippen LogP contribution in [0.15, 0.2) is 6.07 Å². The van der Waals surface area contributed by atoms with Gasteiger partial charge in [0.1, 0.15) is 10.6 Å². The average Bonchev–Trinajstić information content (AvgIpc) is 2.83. The van der Waals surface area contributed by atoms with Crippen LogP contribution in [0.25, 0.3) is 10.2 Å². The summed E-state index contributed by atoms with van der Waals surface area (Å²) >= 11 is 1.61. The van der Waals surface area contributed by atoms with Crippen molar-refractivity contribution in [2.45, 2.75) is 13.8 Å². The van der Waals surface area contributed by atoms with E-state index in [0.29, 0.717) is 18.3 Å². The number of anilines is 2. The number of aromatic nitrogens is 2. The summed E-state index contributed by atoms with van der Waals surface area (Å²) in [6.45, 7) is 4.90. The molecule has 20 heavy (non-hydrogen) atoms. The Balaban J connectivity index is 2.26. The molecule has 108 valence electrons. The van der Waals surface area contributed by atoms with Gasteiger partial charge in [-0.05, 0) is 19.9 Å². The minimum atomic E-state index is 0.0391. The lowest BCUT2D eigenvalue weighted by atomic mass is 10.3. The number of amides is 1. The fraction of sp³-hybridized carbons (Fsp3) is 0.462. The van der Waals surface area contributed by atoms with Crippen LogP contribution in [0.2, 0.25) is 0 Å². The monoisotopic (exact) mass is 293 g/mol. The smallest absolute Gasteiger partial charge is 0.241 e. The highest BCUT2D eigenvalue weighted by molar-refractivity contribution is 7.18. The summed E-state index contributed by atoms with van der Waals surface area (Å²) in [5.41, 5.74) is 0. The Morgan fingerprint density at radius 1 is 1.45 bits per heavy atom. The van der Waals surface area contributed by atoms with Crippen molar-refractivity contribution in [2.75, 3.05) is 37.8 Å². The molecule has 6 nitrogen and oxygen atoms in total. The van der Waals surface area contributed by atoms with E-state index < -0.39 is 0 Å². The third-order valence-corrected chi connectivity index (χ3v) is 3.99. The highest BCUT2D eigenvalue weighted by Crippen LogP contribution is 2.29. The van der Waals surface area contributed by atoms with E-state index in [2.05, 4.69) is 20.6 Å². The van der Waals surface area contributed by atoms with Crippen LogP contribution in [0.4, 0.5) is 11.8 Å². The molecular weight excluding hydrogens is 274 g/mol. The molecule has 2 aromatic heterocycles. The number of aryl methyl sites for hydroxylation is 1. The lowest BCUT2D eigenvalue weighted by Gasteiger charge is -2.15. The first kappa shape index (κ1) is 14.5. The summed E-state index contributed by atoms with van der Waals surface area (Å²) in [4.78, 5) is 24.4. The van der Waals surface area contributed by atoms with Gasteiger partial charge in [0.15, 0.2) is 0 Å². The maximum absolute atomic E-state index is 11.9. The zero-order chi connectivity index (χ0) is 14.7. The van der Waals surface area contributed by atoms with Crippen LogP contribution >= 0.6 is 11.3 Å². The Hall–Kier alpha value is -1.89. The average molecular weight is 293 g/mol. The Labute approximate surface area is 122 Å². The Bertz CT molecular complexity index is 624. The maximum Gasteiger partial charge on any atom is 0.241 e. The number of nitrogens with zero attached hydrogens (tertiary/aromatic N) is 3. The van der Waals surface area contributed by atoms with Crippen LogP contribution in [0.5, 0.6) is 0 Å². The third kappa shape index (κ3) is 2.98. The first-order chi connectivity index (χ1) is 9.55. The highest BCUT2D eigenvalue weighted by atomic mass is 32.1. The van der Waals surface area contributed by atoms with Crippen LogP contribution in [0.1, 0.15) is 11.8 Å². The molecule has 0 saturated carbocycles. The molecule has 1 amide bonds. The first-order valence-corrected chi connectivity index (χ1v) is 7.30. The number of likely N-dealkylation sites (N-methyl/N-ethyl adjacent to an activating group) is 1. The Morgan fingerprint density at radius 2 is 2.20 bits per heavy atom. The topological polar surface area (TPSA) is 70.2 Å². The standard InChI is InChI=1S/C13H19N5OS/c1-5-18(4)10(19)7-15-11-9-6-8(2)20-12(9)17-13(14-3)16-11/h6H,5,7H2,1-4H3,(H2,14,15,16,17). The molecule has 2 rings (SSSR count). The summed E-state index contributed by atoms with van der Waals surface area (Å²) in [6.07, 6.45) is 0. The number of hydrogen-bond donors (Lipinski definition) is 2. The molecule has 2 N–H and O–H groups in total. The molecule has 0 aliphatic carbocycles. The molecular formula is C13H19N5OS. The van der Waals surface area contributed by atoms with Gasteiger partial charge in [0.05, 0.1) is 11.9 Å². The van der Waals surface area contributed by atoms with E-state index >= 15 is 0 Å². The summed E-state index contributed by atoms with van der Waals surface area (Å²) in [7, 11) is 3.56. The second-order valence-corrected chi connectivity index (χ2v) is 5.72. The predicted molar refractivity (Wildman–Crippen MR) is 83.5 cm³/mol. The fourth-order valence-electron chi connectivity index (χ4n) is 1.76. The molecule has 0 bridgehead atoms. The van der Waals surface area contributed by atoms with E-state index in [4.69, 9.17) is 0 Å². The third-order valence-electron chi connectivity index (χ3n) is 3.05. The normalized spacial score (nSPS) is 10.6. The van der Waals surface area contributed by atoms with Crippen molar-refractivity contribution in [3.63, 3.8) is 0 Å². The van der Waals surface area contributed by atoms with Crippen molar-refractivity contribution in [3.05, 3.63) is 10.9 Å². The first-order valence-electron chi connectivity index (χ1n) is 6.49. The SMILES string of the molecule is CCN(C)C(=O)CNc1nc(NC)nc2sc(C)cc12. The molecule has 0 aromatic carbocycles. The second-order valence-electron chi connectivity index (χ2n) is 4.48. The van der Waals surface area contributed by atoms with Gasteiger partial charge in [0.25, 0.3) is 0 Å². The van der Waals surface area contributed by atoms with Crippen molar-refractivity contribution in [1.82, 2.24) is 14.9 Å². The second kappa shape index (κ2) is 6.04. The number of nitrogens with one attached hydrogen (secondary N) is 2. The highest BCUT2D eigenvalue weighted by Gasteiger charge is 2.12. The van der Waals surface area contributed by atoms with Crippen molar-refractivity contribution in [1.29, 1.82) is 0 Å². The largest absolute Gasteiger partial charge is 0.360 e. The minimum Gasteiger partial charge on any atom is -0.360 e. The van der Waals surface area contributed by atoms with Crippen molar-refractivity contribution in [3.8, 4) is 0 Å². The van der Waals surface area contributed by atoms with Crippen molar-refractivity contribution in [2.24, 2.45) is 0 Å². The molecule has 7 heteroatoms. The summed E-state index contributed by atoms with van der Waals surface area (Å²) in [5, 5.41) is 7.01. The van der Waals surface area contributed by atoms with Gasteiger partial charge in [-0.1, -0.05) is 0 Å². The number of fused-ring (bicyclic) bond motifs is 1. The van der Waals surface area contributed by atoms with Crippen LogP contribution in [-0.2, 0) is 4.79 Å². The number of hydrogen-bond acceptors (Lipinski definition) is 6. The van der Waals surface area contributed by atoms with Gasteiger partial charge >= 0.3 is 0 Å². The summed E-state index contributed by atoms with van der Waals surface area (Å²) < 4.78 is 0. The van der Waals surface area contributed by atoms with Crippen molar-refractivity contribution < 1.29 is 4.79 Å². The van der Waals surface area contributed by atoms with Crippen LogP contribution in [0, 0.1) is 6.92 Å². The molecule has 0 fully saturated rings. The van der Waals surface area contributed by atoms with E-state index in [0.717, 1.165) is 10.2 Å². The molecule has 0 atom stereocenters. The lowest BCUT2D eigenvalue weighted by Crippen LogP contribution is -2.32. The van der Waals surface area contributed by atoms with Gasteiger partial charge in [-0.15, -0.1) is 11.3 Å². The van der Waals surface area contributed by atoms with E-state index in [9.17, 15) is 4.79 Å². The van der Waals surface area contributed by atoms with Crippen LogP contribution in [-0.4, -0.2) is 48.0 Å². The zero-order valence-electron chi connectivity index (χ0n) is 12.1. The molecule has 2 aromatic rings. The van der Waals surface area contributed by atoms with E-state index in [1.807, 2.05) is 19.9 Å². The fourth-order valence-corrected chi connectivity index (χ4v) is 2.64. The number of carbonyl (C=O) groups excluding carboxylic acids is 1. The van der Waals surface area contributed by atoms with Crippen LogP contribution in [0.3, 0.4) is 0 Å². The van der Waals surface area contributed by atoms with Gasteiger partial charge < -0.3 is 15.5 Å². The molecule has 2 heterocycles. The Morgan fingerprint density at radius 3 is 2.85 bits per heavy atom. The molecule has 0 aliphatic heterocycles. The quantitative estimate of drug-likeness (QED) is 0.881. The molecule has 0 spiro atoms. The van der Waals surface area contributed by atoms with E-state index in [-0.39, 0.29) is 12.5 Å². The van der Waals surface area contributed by atoms with Gasteiger partial charge in [-0.3, -0.25) is 4.79 Å². The Kier molecular flexibility index (Phi) is 4.39. The number of rotatable bonds is 5. The number of thiophene rings is 1. The van der Waals surface area contributed by atoms with Gasteiger partial charge in [-0.2, -0.15) is 4.98 Å². The van der Waals surface area contributed by atoms with Gasteiger partial charge in [0, 0.05) is 25.5 Å². The lowest BCUT2D eigenvalue weighted by molar-refractivity contribution is -0.127. The summed E-state index contributed by atoms with van der Waals surface area (Å²) in [5.74, 6) is 1.29. The van der Waals surface area contributed by atoms with Gasteiger partial charge in [-0.25, -0.2) is 4.98 Å². The maximum atomic E-state index is 11.9. The predicted octanol–water partition coefficient (Wildman–Crippen LogP) is 1.93. The molecule has 0 radical (unpaired) electrons. The molecule has 0 aliphatic rings. The van der Waals surface area contributed by atoms with E-state index in [1.165, 1.54) is 4.88 Å². The van der Waals surface area contributed by atoms with Gasteiger partial charge in [0.2, 0.25) is 11.9 Å². The van der Waals surface area contributed by atoms with E-state index in [1.54, 1.807) is 30.3 Å². The summed E-state index contributed by atoms with van der Waals surface area (Å²) in [6, 6.07) is 2.04. The molecule has 0 saturated heterocycles. The number of carbonyl (C=O) groups is 1.